The van der Waals surface area contributed by atoms with E-state index >= 15 is 0 Å². The van der Waals surface area contributed by atoms with Crippen LogP contribution in [0.1, 0.15) is 5.69 Å². The predicted octanol–water partition coefficient (Wildman–Crippen LogP) is 0.837. The molecule has 2 aromatic rings. The number of ether oxygens (including phenoxy) is 1. The highest BCUT2D eigenvalue weighted by atomic mass is 32.1. The molecular weight excluding hydrogens is 331 g/mol. The number of aromatic nitrogens is 3. The molecule has 9 heteroatoms. The number of rotatable bonds is 4. The maximum absolute atomic E-state index is 14.5. The number of hydrogen-bond acceptors (Lipinski definition) is 6. The van der Waals surface area contributed by atoms with Crippen LogP contribution in [0.3, 0.4) is 0 Å². The van der Waals surface area contributed by atoms with Gasteiger partial charge in [-0.1, -0.05) is 5.21 Å². The summed E-state index contributed by atoms with van der Waals surface area (Å²) in [5.74, 6) is -0.259. The van der Waals surface area contributed by atoms with Gasteiger partial charge in [0.2, 0.25) is 0 Å². The molecule has 0 bridgehead atoms. The number of benzene rings is 1. The number of thiocarbonyl (C=S) groups is 1. The molecule has 1 saturated heterocycles. The van der Waals surface area contributed by atoms with Gasteiger partial charge in [0.25, 0.3) is 5.17 Å². The number of nitrogens with zero attached hydrogens (tertiary/aromatic N) is 4. The molecule has 1 aliphatic heterocycles. The highest BCUT2D eigenvalue weighted by Gasteiger charge is 2.15. The zero-order valence-corrected chi connectivity index (χ0v) is 14.1. The maximum atomic E-state index is 14.5. The first-order valence-electron chi connectivity index (χ1n) is 7.66. The van der Waals surface area contributed by atoms with E-state index in [4.69, 9.17) is 17.0 Å². The van der Waals surface area contributed by atoms with Crippen molar-refractivity contribution >= 4 is 23.1 Å². The van der Waals surface area contributed by atoms with Crippen molar-refractivity contribution < 1.29 is 9.13 Å². The van der Waals surface area contributed by atoms with Crippen LogP contribution >= 0.6 is 12.2 Å². The van der Waals surface area contributed by atoms with E-state index in [9.17, 15) is 4.39 Å². The minimum absolute atomic E-state index is 0.259. The summed E-state index contributed by atoms with van der Waals surface area (Å²) in [5.41, 5.74) is 1.92. The van der Waals surface area contributed by atoms with Crippen LogP contribution < -0.4 is 15.5 Å². The molecule has 128 valence electrons. The average molecular weight is 350 g/mol. The maximum Gasteiger partial charge on any atom is 0.256 e. The standard InChI is InChI=1S/C15H19FN6OS/c1-23-15(24)18-9-11-10-22(20-19-11)12-2-3-14(13(16)8-12)21-6-4-17-5-7-21/h2-3,8,10,17H,4-7,9H2,1H3,(H,18,24). The van der Waals surface area contributed by atoms with Gasteiger partial charge in [0.15, 0.2) is 0 Å². The van der Waals surface area contributed by atoms with Crippen molar-refractivity contribution in [2.45, 2.75) is 6.54 Å². The van der Waals surface area contributed by atoms with Gasteiger partial charge in [-0.2, -0.15) is 0 Å². The van der Waals surface area contributed by atoms with E-state index in [1.807, 2.05) is 11.0 Å². The molecule has 24 heavy (non-hydrogen) atoms. The third kappa shape index (κ3) is 3.80. The summed E-state index contributed by atoms with van der Waals surface area (Å²) in [6.45, 7) is 3.73. The number of nitrogens with one attached hydrogen (secondary N) is 2. The molecule has 0 amide bonds. The molecule has 1 aromatic carbocycles. The summed E-state index contributed by atoms with van der Waals surface area (Å²) < 4.78 is 20.9. The lowest BCUT2D eigenvalue weighted by molar-refractivity contribution is 0.392. The SMILES string of the molecule is COC(=S)NCc1cn(-c2ccc(N3CCNCC3)c(F)c2)nn1. The van der Waals surface area contributed by atoms with Crippen LogP contribution in [-0.2, 0) is 11.3 Å². The zero-order chi connectivity index (χ0) is 16.9. The van der Waals surface area contributed by atoms with Crippen molar-refractivity contribution in [2.75, 3.05) is 38.2 Å². The molecule has 0 unspecified atom stereocenters. The Bertz CT molecular complexity index is 716. The van der Waals surface area contributed by atoms with Crippen molar-refractivity contribution in [1.29, 1.82) is 0 Å². The fourth-order valence-electron chi connectivity index (χ4n) is 2.54. The average Bonchev–Trinajstić information content (AvgIpc) is 3.09. The van der Waals surface area contributed by atoms with Crippen molar-refractivity contribution in [3.8, 4) is 5.69 Å². The van der Waals surface area contributed by atoms with Crippen molar-refractivity contribution in [1.82, 2.24) is 25.6 Å². The third-order valence-electron chi connectivity index (χ3n) is 3.79. The zero-order valence-electron chi connectivity index (χ0n) is 13.3. The molecule has 2 N–H and O–H groups in total. The van der Waals surface area contributed by atoms with Crippen LogP contribution in [0.5, 0.6) is 0 Å². The predicted molar refractivity (Wildman–Crippen MR) is 92.8 cm³/mol. The first kappa shape index (κ1) is 16.6. The molecule has 0 spiro atoms. The number of hydrogen-bond donors (Lipinski definition) is 2. The summed E-state index contributed by atoms with van der Waals surface area (Å²) in [6, 6.07) is 5.10. The van der Waals surface area contributed by atoms with E-state index in [0.29, 0.717) is 23.6 Å². The van der Waals surface area contributed by atoms with Gasteiger partial charge in [-0.05, 0) is 24.4 Å². The number of methoxy groups -OCH3 is 1. The molecule has 7 nitrogen and oxygen atoms in total. The Hall–Kier alpha value is -2.26. The summed E-state index contributed by atoms with van der Waals surface area (Å²) in [4.78, 5) is 2.04. The van der Waals surface area contributed by atoms with E-state index in [1.165, 1.54) is 17.9 Å². The van der Waals surface area contributed by atoms with Crippen LogP contribution in [0.25, 0.3) is 5.69 Å². The van der Waals surface area contributed by atoms with Gasteiger partial charge >= 0.3 is 0 Å². The second kappa shape index (κ2) is 7.54. The van der Waals surface area contributed by atoms with Gasteiger partial charge in [0.05, 0.1) is 31.2 Å². The Morgan fingerprint density at radius 3 is 2.92 bits per heavy atom. The smallest absolute Gasteiger partial charge is 0.256 e. The van der Waals surface area contributed by atoms with E-state index in [1.54, 1.807) is 12.3 Å². The van der Waals surface area contributed by atoms with E-state index in [-0.39, 0.29) is 11.0 Å². The Balaban J connectivity index is 1.72. The minimum Gasteiger partial charge on any atom is -0.474 e. The molecule has 1 fully saturated rings. The van der Waals surface area contributed by atoms with Crippen molar-refractivity contribution in [3.63, 3.8) is 0 Å². The summed E-state index contributed by atoms with van der Waals surface area (Å²) >= 11 is 4.90. The van der Waals surface area contributed by atoms with E-state index in [2.05, 4.69) is 20.9 Å². The Morgan fingerprint density at radius 1 is 1.42 bits per heavy atom. The van der Waals surface area contributed by atoms with Crippen LogP contribution in [0, 0.1) is 5.82 Å². The van der Waals surface area contributed by atoms with Gasteiger partial charge < -0.3 is 20.3 Å². The van der Waals surface area contributed by atoms with Crippen molar-refractivity contribution in [3.05, 3.63) is 35.9 Å². The molecule has 1 aliphatic rings. The van der Waals surface area contributed by atoms with Gasteiger partial charge in [0, 0.05) is 32.2 Å². The molecule has 0 saturated carbocycles. The number of anilines is 1. The summed E-state index contributed by atoms with van der Waals surface area (Å²) in [6.07, 6.45) is 1.73. The van der Waals surface area contributed by atoms with Gasteiger partial charge in [0.1, 0.15) is 11.5 Å². The molecule has 1 aromatic heterocycles. The van der Waals surface area contributed by atoms with Gasteiger partial charge in [-0.3, -0.25) is 0 Å². The Morgan fingerprint density at radius 2 is 2.21 bits per heavy atom. The third-order valence-corrected chi connectivity index (χ3v) is 4.10. The first-order valence-corrected chi connectivity index (χ1v) is 8.07. The fourth-order valence-corrected chi connectivity index (χ4v) is 2.61. The second-order valence-electron chi connectivity index (χ2n) is 5.37. The van der Waals surface area contributed by atoms with E-state index in [0.717, 1.165) is 26.2 Å². The number of piperazine rings is 1. The molecular formula is C15H19FN6OS. The normalized spacial score (nSPS) is 14.5. The molecule has 0 radical (unpaired) electrons. The minimum atomic E-state index is -0.259. The lowest BCUT2D eigenvalue weighted by Gasteiger charge is -2.29. The van der Waals surface area contributed by atoms with Crippen LogP contribution in [0.15, 0.2) is 24.4 Å². The number of halogens is 1. The first-order chi connectivity index (χ1) is 11.7. The van der Waals surface area contributed by atoms with Crippen LogP contribution in [0.4, 0.5) is 10.1 Å². The van der Waals surface area contributed by atoms with Gasteiger partial charge in [-0.15, -0.1) is 5.10 Å². The Kier molecular flexibility index (Phi) is 5.21. The molecule has 0 atom stereocenters. The highest BCUT2D eigenvalue weighted by Crippen LogP contribution is 2.22. The summed E-state index contributed by atoms with van der Waals surface area (Å²) in [5, 5.41) is 14.5. The monoisotopic (exact) mass is 350 g/mol. The molecule has 0 aliphatic carbocycles. The largest absolute Gasteiger partial charge is 0.474 e. The van der Waals surface area contributed by atoms with Crippen LogP contribution in [-0.4, -0.2) is 53.5 Å². The topological polar surface area (TPSA) is 67.2 Å². The highest BCUT2D eigenvalue weighted by molar-refractivity contribution is 7.80. The van der Waals surface area contributed by atoms with Crippen molar-refractivity contribution in [2.24, 2.45) is 0 Å². The summed E-state index contributed by atoms with van der Waals surface area (Å²) in [7, 11) is 1.49. The molecule has 3 rings (SSSR count). The van der Waals surface area contributed by atoms with Crippen LogP contribution in [0.2, 0.25) is 0 Å². The lowest BCUT2D eigenvalue weighted by Crippen LogP contribution is -2.43. The molecule has 2 heterocycles. The second-order valence-corrected chi connectivity index (χ2v) is 5.74. The fraction of sp³-hybridized carbons (Fsp3) is 0.400. The Labute approximate surface area is 144 Å². The quantitative estimate of drug-likeness (QED) is 0.792. The van der Waals surface area contributed by atoms with Gasteiger partial charge in [-0.25, -0.2) is 9.07 Å². The van der Waals surface area contributed by atoms with E-state index < -0.39 is 0 Å². The lowest BCUT2D eigenvalue weighted by atomic mass is 10.2.